The normalized spacial score (nSPS) is 10.7. The molecule has 0 atom stereocenters. The third-order valence-electron chi connectivity index (χ3n) is 3.23. The highest BCUT2D eigenvalue weighted by molar-refractivity contribution is 7.13. The van der Waals surface area contributed by atoms with Crippen LogP contribution in [-0.4, -0.2) is 23.5 Å². The Bertz CT molecular complexity index is 621. The number of aryl methyl sites for hydroxylation is 2. The predicted molar refractivity (Wildman–Crippen MR) is 89.1 cm³/mol. The van der Waals surface area contributed by atoms with Gasteiger partial charge in [0.1, 0.15) is 0 Å². The van der Waals surface area contributed by atoms with Crippen molar-refractivity contribution in [2.75, 3.05) is 16.8 Å². The first kappa shape index (κ1) is 15.5. The molecule has 1 heterocycles. The number of anilines is 2. The first-order valence-corrected chi connectivity index (χ1v) is 7.89. The number of nitrogens with one attached hydrogen (secondary N) is 1. The molecule has 5 heteroatoms. The van der Waals surface area contributed by atoms with E-state index >= 15 is 0 Å². The number of aromatic nitrogens is 1. The van der Waals surface area contributed by atoms with Crippen molar-refractivity contribution in [3.63, 3.8) is 0 Å². The highest BCUT2D eigenvalue weighted by Gasteiger charge is 2.17. The first-order chi connectivity index (χ1) is 9.97. The SMILES string of the molecule is Cc1csc(NC(=O)CN(c2ccccc2C)C(C)C)n1. The monoisotopic (exact) mass is 303 g/mol. The summed E-state index contributed by atoms with van der Waals surface area (Å²) < 4.78 is 0. The zero-order valence-electron chi connectivity index (χ0n) is 12.9. The fraction of sp³-hybridized carbons (Fsp3) is 0.375. The lowest BCUT2D eigenvalue weighted by molar-refractivity contribution is -0.115. The Kier molecular flexibility index (Phi) is 4.96. The molecule has 1 aromatic heterocycles. The van der Waals surface area contributed by atoms with Crippen LogP contribution in [0, 0.1) is 13.8 Å². The molecule has 0 aliphatic carbocycles. The van der Waals surface area contributed by atoms with Crippen molar-refractivity contribution in [3.8, 4) is 0 Å². The van der Waals surface area contributed by atoms with Crippen molar-refractivity contribution >= 4 is 28.1 Å². The van der Waals surface area contributed by atoms with Crippen molar-refractivity contribution < 1.29 is 4.79 Å². The number of hydrogen-bond acceptors (Lipinski definition) is 4. The molecule has 4 nitrogen and oxygen atoms in total. The fourth-order valence-corrected chi connectivity index (χ4v) is 2.86. The van der Waals surface area contributed by atoms with Crippen molar-refractivity contribution in [2.24, 2.45) is 0 Å². The molecule has 0 aliphatic heterocycles. The predicted octanol–water partition coefficient (Wildman–Crippen LogP) is 3.61. The lowest BCUT2D eigenvalue weighted by Crippen LogP contribution is -2.38. The summed E-state index contributed by atoms with van der Waals surface area (Å²) in [7, 11) is 0. The average molecular weight is 303 g/mol. The van der Waals surface area contributed by atoms with E-state index in [2.05, 4.69) is 48.1 Å². The van der Waals surface area contributed by atoms with E-state index in [1.165, 1.54) is 16.9 Å². The molecule has 0 bridgehead atoms. The molecule has 2 rings (SSSR count). The van der Waals surface area contributed by atoms with Gasteiger partial charge in [0.05, 0.1) is 12.2 Å². The summed E-state index contributed by atoms with van der Waals surface area (Å²) in [6, 6.07) is 8.37. The molecule has 0 fully saturated rings. The number of carbonyl (C=O) groups is 1. The molecule has 112 valence electrons. The van der Waals surface area contributed by atoms with Gasteiger partial charge in [0.15, 0.2) is 5.13 Å². The van der Waals surface area contributed by atoms with Crippen LogP contribution in [0.5, 0.6) is 0 Å². The Balaban J connectivity index is 2.10. The van der Waals surface area contributed by atoms with E-state index in [4.69, 9.17) is 0 Å². The van der Waals surface area contributed by atoms with Crippen molar-refractivity contribution in [3.05, 3.63) is 40.9 Å². The number of carbonyl (C=O) groups excluding carboxylic acids is 1. The second kappa shape index (κ2) is 6.72. The number of rotatable bonds is 5. The lowest BCUT2D eigenvalue weighted by Gasteiger charge is -2.29. The third-order valence-corrected chi connectivity index (χ3v) is 4.10. The number of nitrogens with zero attached hydrogens (tertiary/aromatic N) is 2. The second-order valence-corrected chi connectivity index (χ2v) is 6.21. The van der Waals surface area contributed by atoms with Crippen LogP contribution in [0.15, 0.2) is 29.6 Å². The molecule has 1 N–H and O–H groups in total. The van der Waals surface area contributed by atoms with Crippen LogP contribution in [0.4, 0.5) is 10.8 Å². The van der Waals surface area contributed by atoms with Gasteiger partial charge < -0.3 is 10.2 Å². The zero-order valence-corrected chi connectivity index (χ0v) is 13.7. The average Bonchev–Trinajstić information content (AvgIpc) is 2.82. The quantitative estimate of drug-likeness (QED) is 0.917. The van der Waals surface area contributed by atoms with Crippen LogP contribution in [0.2, 0.25) is 0 Å². The minimum absolute atomic E-state index is 0.0405. The summed E-state index contributed by atoms with van der Waals surface area (Å²) in [5.74, 6) is -0.0405. The van der Waals surface area contributed by atoms with Gasteiger partial charge in [-0.2, -0.15) is 0 Å². The van der Waals surface area contributed by atoms with Gasteiger partial charge in [-0.3, -0.25) is 4.79 Å². The van der Waals surface area contributed by atoms with E-state index < -0.39 is 0 Å². The number of thiazole rings is 1. The minimum atomic E-state index is -0.0405. The van der Waals surface area contributed by atoms with Crippen LogP contribution < -0.4 is 10.2 Å². The summed E-state index contributed by atoms with van der Waals surface area (Å²) in [5, 5.41) is 5.45. The van der Waals surface area contributed by atoms with Crippen LogP contribution >= 0.6 is 11.3 Å². The summed E-state index contributed by atoms with van der Waals surface area (Å²) in [6.07, 6.45) is 0. The van der Waals surface area contributed by atoms with Crippen LogP contribution in [0.3, 0.4) is 0 Å². The number of benzene rings is 1. The lowest BCUT2D eigenvalue weighted by atomic mass is 10.1. The van der Waals surface area contributed by atoms with E-state index in [-0.39, 0.29) is 11.9 Å². The molecular weight excluding hydrogens is 282 g/mol. The highest BCUT2D eigenvalue weighted by Crippen LogP contribution is 2.22. The topological polar surface area (TPSA) is 45.2 Å². The van der Waals surface area contributed by atoms with Gasteiger partial charge in [0.25, 0.3) is 0 Å². The van der Waals surface area contributed by atoms with E-state index in [9.17, 15) is 4.79 Å². The van der Waals surface area contributed by atoms with Gasteiger partial charge >= 0.3 is 0 Å². The minimum Gasteiger partial charge on any atom is -0.360 e. The van der Waals surface area contributed by atoms with E-state index in [1.54, 1.807) is 0 Å². The molecule has 0 saturated carbocycles. The van der Waals surface area contributed by atoms with Crippen molar-refractivity contribution in [2.45, 2.75) is 33.7 Å². The maximum absolute atomic E-state index is 12.2. The van der Waals surface area contributed by atoms with E-state index in [0.717, 1.165) is 11.4 Å². The Labute approximate surface area is 129 Å². The van der Waals surface area contributed by atoms with Crippen molar-refractivity contribution in [1.82, 2.24) is 4.98 Å². The molecule has 0 spiro atoms. The summed E-state index contributed by atoms with van der Waals surface area (Å²) in [5.41, 5.74) is 3.19. The molecule has 1 amide bonds. The van der Waals surface area contributed by atoms with Gasteiger partial charge in [0, 0.05) is 17.1 Å². The van der Waals surface area contributed by atoms with Gasteiger partial charge in [-0.1, -0.05) is 18.2 Å². The van der Waals surface area contributed by atoms with E-state index in [1.807, 2.05) is 24.4 Å². The Hall–Kier alpha value is -1.88. The van der Waals surface area contributed by atoms with Gasteiger partial charge in [0.2, 0.25) is 5.91 Å². The molecule has 2 aromatic rings. The fourth-order valence-electron chi connectivity index (χ4n) is 2.16. The van der Waals surface area contributed by atoms with Gasteiger partial charge in [-0.15, -0.1) is 11.3 Å². The molecule has 1 aromatic carbocycles. The van der Waals surface area contributed by atoms with Crippen molar-refractivity contribution in [1.29, 1.82) is 0 Å². The maximum Gasteiger partial charge on any atom is 0.245 e. The Morgan fingerprint density at radius 1 is 1.33 bits per heavy atom. The molecule has 0 radical (unpaired) electrons. The summed E-state index contributed by atoms with van der Waals surface area (Å²) in [6.45, 7) is 8.48. The summed E-state index contributed by atoms with van der Waals surface area (Å²) in [4.78, 5) is 18.6. The maximum atomic E-state index is 12.2. The largest absolute Gasteiger partial charge is 0.360 e. The molecule has 21 heavy (non-hydrogen) atoms. The summed E-state index contributed by atoms with van der Waals surface area (Å²) >= 11 is 1.45. The molecule has 0 unspecified atom stereocenters. The molecule has 0 aliphatic rings. The van der Waals surface area contributed by atoms with Crippen LogP contribution in [0.1, 0.15) is 25.1 Å². The number of hydrogen-bond donors (Lipinski definition) is 1. The molecular formula is C16H21N3OS. The Morgan fingerprint density at radius 2 is 2.05 bits per heavy atom. The number of amides is 1. The Morgan fingerprint density at radius 3 is 2.62 bits per heavy atom. The van der Waals surface area contributed by atoms with Crippen LogP contribution in [-0.2, 0) is 4.79 Å². The second-order valence-electron chi connectivity index (χ2n) is 5.35. The molecule has 0 saturated heterocycles. The smallest absolute Gasteiger partial charge is 0.245 e. The van der Waals surface area contributed by atoms with Crippen LogP contribution in [0.25, 0.3) is 0 Å². The first-order valence-electron chi connectivity index (χ1n) is 7.01. The van der Waals surface area contributed by atoms with Gasteiger partial charge in [-0.25, -0.2) is 4.98 Å². The van der Waals surface area contributed by atoms with E-state index in [0.29, 0.717) is 11.7 Å². The number of para-hydroxylation sites is 1. The zero-order chi connectivity index (χ0) is 15.4. The highest BCUT2D eigenvalue weighted by atomic mass is 32.1. The van der Waals surface area contributed by atoms with Gasteiger partial charge in [-0.05, 0) is 39.3 Å². The standard InChI is InChI=1S/C16H21N3OS/c1-11(2)19(14-8-6-5-7-12(14)3)9-15(20)18-16-17-13(4)10-21-16/h5-8,10-11H,9H2,1-4H3,(H,17,18,20). The third kappa shape index (κ3) is 4.04.